The second-order valence-corrected chi connectivity index (χ2v) is 4.85. The minimum absolute atomic E-state index is 0.625. The van der Waals surface area contributed by atoms with Crippen molar-refractivity contribution in [2.45, 2.75) is 46.2 Å². The van der Waals surface area contributed by atoms with Gasteiger partial charge in [-0.1, -0.05) is 31.2 Å². The van der Waals surface area contributed by atoms with Crippen molar-refractivity contribution in [1.29, 1.82) is 0 Å². The van der Waals surface area contributed by atoms with E-state index in [1.54, 1.807) is 0 Å². The molecule has 0 fully saturated rings. The van der Waals surface area contributed by atoms with E-state index in [4.69, 9.17) is 5.73 Å². The molecule has 0 atom stereocenters. The zero-order valence-electron chi connectivity index (χ0n) is 11.4. The molecule has 0 amide bonds. The molecule has 17 heavy (non-hydrogen) atoms. The summed E-state index contributed by atoms with van der Waals surface area (Å²) in [4.78, 5) is 2.54. The van der Waals surface area contributed by atoms with Crippen LogP contribution in [0.3, 0.4) is 0 Å². The second kappa shape index (κ2) is 7.46. The fraction of sp³-hybridized carbons (Fsp3) is 0.600. The van der Waals surface area contributed by atoms with Crippen LogP contribution in [0.4, 0.5) is 0 Å². The Morgan fingerprint density at radius 1 is 1.12 bits per heavy atom. The van der Waals surface area contributed by atoms with Gasteiger partial charge in [0.15, 0.2) is 0 Å². The zero-order chi connectivity index (χ0) is 12.7. The van der Waals surface area contributed by atoms with Crippen LogP contribution >= 0.6 is 0 Å². The van der Waals surface area contributed by atoms with Crippen molar-refractivity contribution >= 4 is 0 Å². The average molecular weight is 234 g/mol. The summed E-state index contributed by atoms with van der Waals surface area (Å²) in [5.41, 5.74) is 8.45. The number of rotatable bonds is 7. The molecule has 2 N–H and O–H groups in total. The highest BCUT2D eigenvalue weighted by atomic mass is 15.1. The van der Waals surface area contributed by atoms with E-state index in [-0.39, 0.29) is 0 Å². The molecule has 0 spiro atoms. The van der Waals surface area contributed by atoms with Gasteiger partial charge in [0.2, 0.25) is 0 Å². The molecule has 1 aromatic rings. The van der Waals surface area contributed by atoms with Gasteiger partial charge in [0.25, 0.3) is 0 Å². The van der Waals surface area contributed by atoms with Crippen LogP contribution in [0.2, 0.25) is 0 Å². The first-order valence-electron chi connectivity index (χ1n) is 6.70. The molecule has 0 aliphatic rings. The van der Waals surface area contributed by atoms with Crippen molar-refractivity contribution in [3.05, 3.63) is 35.4 Å². The molecule has 1 aromatic carbocycles. The Balaban J connectivity index is 2.58. The number of nitrogens with zero attached hydrogens (tertiary/aromatic N) is 1. The van der Waals surface area contributed by atoms with E-state index in [0.717, 1.165) is 13.0 Å². The van der Waals surface area contributed by atoms with Gasteiger partial charge in [0.1, 0.15) is 0 Å². The molecular weight excluding hydrogens is 208 g/mol. The molecule has 1 rings (SSSR count). The summed E-state index contributed by atoms with van der Waals surface area (Å²) >= 11 is 0. The molecule has 0 unspecified atom stereocenters. The van der Waals surface area contributed by atoms with Crippen LogP contribution in [0.25, 0.3) is 0 Å². The third kappa shape index (κ3) is 4.49. The van der Waals surface area contributed by atoms with Crippen LogP contribution in [-0.4, -0.2) is 24.0 Å². The minimum Gasteiger partial charge on any atom is -0.326 e. The predicted octanol–water partition coefficient (Wildman–Crippen LogP) is 2.81. The van der Waals surface area contributed by atoms with E-state index in [1.807, 2.05) is 0 Å². The molecule has 0 aliphatic heterocycles. The van der Waals surface area contributed by atoms with Crippen molar-refractivity contribution < 1.29 is 0 Å². The van der Waals surface area contributed by atoms with E-state index in [0.29, 0.717) is 12.6 Å². The quantitative estimate of drug-likeness (QED) is 0.786. The molecule has 0 aromatic heterocycles. The summed E-state index contributed by atoms with van der Waals surface area (Å²) in [6, 6.07) is 9.13. The SMILES string of the molecule is CCCN(CCc1ccccc1CN)C(C)C. The van der Waals surface area contributed by atoms with Crippen LogP contribution < -0.4 is 5.73 Å². The molecule has 2 heteroatoms. The van der Waals surface area contributed by atoms with Gasteiger partial charge in [0.05, 0.1) is 0 Å². The first-order valence-corrected chi connectivity index (χ1v) is 6.70. The van der Waals surface area contributed by atoms with E-state index in [2.05, 4.69) is 49.9 Å². The number of nitrogens with two attached hydrogens (primary N) is 1. The average Bonchev–Trinajstić information content (AvgIpc) is 2.34. The fourth-order valence-electron chi connectivity index (χ4n) is 2.18. The van der Waals surface area contributed by atoms with Gasteiger partial charge in [-0.05, 0) is 44.4 Å². The Morgan fingerprint density at radius 3 is 2.29 bits per heavy atom. The van der Waals surface area contributed by atoms with Crippen molar-refractivity contribution in [3.63, 3.8) is 0 Å². The third-order valence-electron chi connectivity index (χ3n) is 3.25. The van der Waals surface area contributed by atoms with E-state index in [1.165, 1.54) is 24.1 Å². The van der Waals surface area contributed by atoms with E-state index < -0.39 is 0 Å². The summed E-state index contributed by atoms with van der Waals surface area (Å²) < 4.78 is 0. The monoisotopic (exact) mass is 234 g/mol. The first-order chi connectivity index (χ1) is 8.19. The largest absolute Gasteiger partial charge is 0.326 e. The highest BCUT2D eigenvalue weighted by Gasteiger charge is 2.09. The number of hydrogen-bond donors (Lipinski definition) is 1. The smallest absolute Gasteiger partial charge is 0.0180 e. The maximum absolute atomic E-state index is 5.76. The Hall–Kier alpha value is -0.860. The molecule has 0 heterocycles. The highest BCUT2D eigenvalue weighted by molar-refractivity contribution is 5.27. The second-order valence-electron chi connectivity index (χ2n) is 4.85. The van der Waals surface area contributed by atoms with Gasteiger partial charge in [-0.15, -0.1) is 0 Å². The third-order valence-corrected chi connectivity index (χ3v) is 3.25. The van der Waals surface area contributed by atoms with Gasteiger partial charge < -0.3 is 10.6 Å². The first kappa shape index (κ1) is 14.2. The summed E-state index contributed by atoms with van der Waals surface area (Å²) in [7, 11) is 0. The van der Waals surface area contributed by atoms with Gasteiger partial charge in [0, 0.05) is 19.1 Å². The number of benzene rings is 1. The van der Waals surface area contributed by atoms with Crippen molar-refractivity contribution in [3.8, 4) is 0 Å². The van der Waals surface area contributed by atoms with Gasteiger partial charge in [-0.2, -0.15) is 0 Å². The Labute approximate surface area is 106 Å². The maximum atomic E-state index is 5.76. The lowest BCUT2D eigenvalue weighted by molar-refractivity contribution is 0.225. The lowest BCUT2D eigenvalue weighted by Crippen LogP contribution is -2.33. The lowest BCUT2D eigenvalue weighted by Gasteiger charge is -2.26. The molecule has 0 radical (unpaired) electrons. The maximum Gasteiger partial charge on any atom is 0.0180 e. The van der Waals surface area contributed by atoms with Gasteiger partial charge >= 0.3 is 0 Å². The standard InChI is InChI=1S/C15H26N2/c1-4-10-17(13(2)3)11-9-14-7-5-6-8-15(14)12-16/h5-8,13H,4,9-12,16H2,1-3H3. The number of hydrogen-bond acceptors (Lipinski definition) is 2. The minimum atomic E-state index is 0.625. The van der Waals surface area contributed by atoms with Gasteiger partial charge in [-0.25, -0.2) is 0 Å². The zero-order valence-corrected chi connectivity index (χ0v) is 11.4. The van der Waals surface area contributed by atoms with E-state index in [9.17, 15) is 0 Å². The van der Waals surface area contributed by atoms with Crippen LogP contribution in [0, 0.1) is 0 Å². The highest BCUT2D eigenvalue weighted by Crippen LogP contribution is 2.10. The topological polar surface area (TPSA) is 29.3 Å². The van der Waals surface area contributed by atoms with E-state index >= 15 is 0 Å². The summed E-state index contributed by atoms with van der Waals surface area (Å²) in [5.74, 6) is 0. The Bertz CT molecular complexity index is 320. The summed E-state index contributed by atoms with van der Waals surface area (Å²) in [6.07, 6.45) is 2.32. The molecule has 0 aliphatic carbocycles. The predicted molar refractivity (Wildman–Crippen MR) is 75.0 cm³/mol. The van der Waals surface area contributed by atoms with Crippen LogP contribution in [0.1, 0.15) is 38.3 Å². The molecule has 0 saturated carbocycles. The summed E-state index contributed by atoms with van der Waals surface area (Å²) in [5, 5.41) is 0. The molecular formula is C15H26N2. The fourth-order valence-corrected chi connectivity index (χ4v) is 2.18. The van der Waals surface area contributed by atoms with Crippen molar-refractivity contribution in [2.24, 2.45) is 5.73 Å². The van der Waals surface area contributed by atoms with Crippen molar-refractivity contribution in [1.82, 2.24) is 4.90 Å². The Morgan fingerprint density at radius 2 is 1.76 bits per heavy atom. The molecule has 0 bridgehead atoms. The van der Waals surface area contributed by atoms with Crippen LogP contribution in [-0.2, 0) is 13.0 Å². The summed E-state index contributed by atoms with van der Waals surface area (Å²) in [6.45, 7) is 9.73. The normalized spacial score (nSPS) is 11.4. The van der Waals surface area contributed by atoms with Gasteiger partial charge in [-0.3, -0.25) is 0 Å². The van der Waals surface area contributed by atoms with Crippen molar-refractivity contribution in [2.75, 3.05) is 13.1 Å². The lowest BCUT2D eigenvalue weighted by atomic mass is 10.0. The molecule has 96 valence electrons. The Kier molecular flexibility index (Phi) is 6.23. The van der Waals surface area contributed by atoms with Crippen LogP contribution in [0.15, 0.2) is 24.3 Å². The molecule has 2 nitrogen and oxygen atoms in total. The van der Waals surface area contributed by atoms with Crippen LogP contribution in [0.5, 0.6) is 0 Å². The molecule has 0 saturated heterocycles.